The summed E-state index contributed by atoms with van der Waals surface area (Å²) in [7, 11) is 5.24. The lowest BCUT2D eigenvalue weighted by molar-refractivity contribution is 0.392. The summed E-state index contributed by atoms with van der Waals surface area (Å²) in [6.45, 7) is 7.34. The Morgan fingerprint density at radius 2 is 1.88 bits per heavy atom. The Morgan fingerprint density at radius 3 is 2.38 bits per heavy atom. The molecule has 1 aliphatic rings. The fourth-order valence-electron chi connectivity index (χ4n) is 2.99. The lowest BCUT2D eigenvalue weighted by Crippen LogP contribution is -2.44. The van der Waals surface area contributed by atoms with Crippen LogP contribution in [0, 0.1) is 0 Å². The molecule has 1 aromatic carbocycles. The number of hydrogen-bond donors (Lipinski definition) is 1. The molecule has 0 radical (unpaired) electrons. The first-order chi connectivity index (χ1) is 11.9. The number of nitrogens with zero attached hydrogens (tertiary/aromatic N) is 2. The maximum absolute atomic E-state index is 5.41. The Morgan fingerprint density at radius 1 is 1.27 bits per heavy atom. The fraction of sp³-hybridized carbons (Fsp3) is 0.632. The molecule has 1 aromatic rings. The molecule has 1 N–H and O–H groups in total. The third-order valence-electron chi connectivity index (χ3n) is 4.77. The summed E-state index contributed by atoms with van der Waals surface area (Å²) in [4.78, 5) is 6.82. The third kappa shape index (κ3) is 6.11. The predicted molar refractivity (Wildman–Crippen MR) is 123 cm³/mol. The molecule has 0 spiro atoms. The van der Waals surface area contributed by atoms with Gasteiger partial charge in [0.15, 0.2) is 5.96 Å². The summed E-state index contributed by atoms with van der Waals surface area (Å²) in [6.07, 6.45) is 3.25. The first kappa shape index (κ1) is 23.2. The van der Waals surface area contributed by atoms with Gasteiger partial charge in [0.1, 0.15) is 11.5 Å². The van der Waals surface area contributed by atoms with Gasteiger partial charge in [-0.1, -0.05) is 0 Å². The van der Waals surface area contributed by atoms with Crippen molar-refractivity contribution in [2.24, 2.45) is 4.99 Å². The molecule has 1 heterocycles. The van der Waals surface area contributed by atoms with E-state index in [1.807, 2.05) is 24.9 Å². The van der Waals surface area contributed by atoms with Crippen molar-refractivity contribution >= 4 is 41.7 Å². The second kappa shape index (κ2) is 10.5. The van der Waals surface area contributed by atoms with E-state index in [1.165, 1.54) is 5.56 Å². The number of nitrogens with one attached hydrogen (secondary N) is 1. The number of benzene rings is 1. The van der Waals surface area contributed by atoms with E-state index >= 15 is 0 Å². The molecule has 0 saturated carbocycles. The Labute approximate surface area is 179 Å². The van der Waals surface area contributed by atoms with Crippen LogP contribution in [0.4, 0.5) is 0 Å². The van der Waals surface area contributed by atoms with E-state index in [0.29, 0.717) is 5.92 Å². The van der Waals surface area contributed by atoms with E-state index in [4.69, 9.17) is 9.47 Å². The zero-order valence-corrected chi connectivity index (χ0v) is 19.8. The van der Waals surface area contributed by atoms with Gasteiger partial charge in [0.05, 0.1) is 14.2 Å². The number of rotatable bonds is 6. The molecule has 7 heteroatoms. The molecule has 1 fully saturated rings. The number of aliphatic imine (C=N–C) groups is 1. The normalized spacial score (nSPS) is 17.7. The van der Waals surface area contributed by atoms with Crippen molar-refractivity contribution in [1.29, 1.82) is 0 Å². The molecule has 148 valence electrons. The van der Waals surface area contributed by atoms with Crippen molar-refractivity contribution in [3.05, 3.63) is 23.8 Å². The van der Waals surface area contributed by atoms with Gasteiger partial charge in [-0.05, 0) is 44.2 Å². The van der Waals surface area contributed by atoms with Gasteiger partial charge in [-0.3, -0.25) is 4.99 Å². The quantitative estimate of drug-likeness (QED) is 0.371. The number of methoxy groups -OCH3 is 2. The Kier molecular flexibility index (Phi) is 9.36. The number of guanidine groups is 1. The van der Waals surface area contributed by atoms with Gasteiger partial charge in [-0.2, -0.15) is 11.8 Å². The largest absolute Gasteiger partial charge is 0.497 e. The third-order valence-corrected chi connectivity index (χ3v) is 6.02. The smallest absolute Gasteiger partial charge is 0.193 e. The molecule has 0 aliphatic carbocycles. The standard InChI is InChI=1S/C19H31N3O2S.HI/c1-19(2,25-6)13-21-18(20-3)22-8-7-14(12-22)15-9-16(23-4)11-17(10-15)24-5;/h9-11,14H,7-8,12-13H2,1-6H3,(H,20,21);1H. The van der Waals surface area contributed by atoms with Gasteiger partial charge in [-0.15, -0.1) is 24.0 Å². The van der Waals surface area contributed by atoms with E-state index in [9.17, 15) is 0 Å². The van der Waals surface area contributed by atoms with Crippen molar-refractivity contribution in [1.82, 2.24) is 10.2 Å². The van der Waals surface area contributed by atoms with Crippen molar-refractivity contribution in [3.8, 4) is 11.5 Å². The zero-order chi connectivity index (χ0) is 18.4. The van der Waals surface area contributed by atoms with Crippen LogP contribution >= 0.6 is 35.7 Å². The maximum Gasteiger partial charge on any atom is 0.193 e. The molecule has 0 bridgehead atoms. The monoisotopic (exact) mass is 493 g/mol. The van der Waals surface area contributed by atoms with E-state index in [0.717, 1.165) is 43.5 Å². The first-order valence-electron chi connectivity index (χ1n) is 8.66. The molecular weight excluding hydrogens is 461 g/mol. The van der Waals surface area contributed by atoms with Gasteiger partial charge < -0.3 is 19.7 Å². The number of ether oxygens (including phenoxy) is 2. The van der Waals surface area contributed by atoms with Crippen LogP contribution in [0.15, 0.2) is 23.2 Å². The second-order valence-electron chi connectivity index (χ2n) is 6.94. The number of halogens is 1. The molecule has 1 saturated heterocycles. The Hall–Kier alpha value is -0.830. The minimum atomic E-state index is 0. The van der Waals surface area contributed by atoms with Crippen LogP contribution in [0.25, 0.3) is 0 Å². The highest BCUT2D eigenvalue weighted by Gasteiger charge is 2.27. The van der Waals surface area contributed by atoms with Crippen LogP contribution < -0.4 is 14.8 Å². The fourth-order valence-corrected chi connectivity index (χ4v) is 3.20. The average Bonchev–Trinajstić information content (AvgIpc) is 3.11. The van der Waals surface area contributed by atoms with Gasteiger partial charge in [-0.25, -0.2) is 0 Å². The van der Waals surface area contributed by atoms with Gasteiger partial charge >= 0.3 is 0 Å². The lowest BCUT2D eigenvalue weighted by Gasteiger charge is -2.27. The summed E-state index contributed by atoms with van der Waals surface area (Å²) in [5, 5.41) is 3.53. The molecule has 0 aromatic heterocycles. The van der Waals surface area contributed by atoms with Crippen LogP contribution in [0.2, 0.25) is 0 Å². The summed E-state index contributed by atoms with van der Waals surface area (Å²) in [5.74, 6) is 3.13. The van der Waals surface area contributed by atoms with Gasteiger partial charge in [0, 0.05) is 43.4 Å². The van der Waals surface area contributed by atoms with Crippen molar-refractivity contribution in [2.75, 3.05) is 47.2 Å². The summed E-state index contributed by atoms with van der Waals surface area (Å²) in [5.41, 5.74) is 1.26. The molecule has 1 aliphatic heterocycles. The average molecular weight is 493 g/mol. The predicted octanol–water partition coefficient (Wildman–Crippen LogP) is 3.83. The highest BCUT2D eigenvalue weighted by molar-refractivity contribution is 14.0. The minimum absolute atomic E-state index is 0. The van der Waals surface area contributed by atoms with E-state index in [-0.39, 0.29) is 28.7 Å². The summed E-state index contributed by atoms with van der Waals surface area (Å²) in [6, 6.07) is 6.15. The highest BCUT2D eigenvalue weighted by Crippen LogP contribution is 2.33. The topological polar surface area (TPSA) is 46.1 Å². The molecule has 2 rings (SSSR count). The van der Waals surface area contributed by atoms with Crippen molar-refractivity contribution in [3.63, 3.8) is 0 Å². The number of hydrogen-bond acceptors (Lipinski definition) is 4. The summed E-state index contributed by atoms with van der Waals surface area (Å²) >= 11 is 1.86. The summed E-state index contributed by atoms with van der Waals surface area (Å²) < 4.78 is 11.0. The number of thioether (sulfide) groups is 1. The SMILES string of the molecule is CN=C(NCC(C)(C)SC)N1CCC(c2cc(OC)cc(OC)c2)C1.I. The van der Waals surface area contributed by atoms with E-state index in [1.54, 1.807) is 14.2 Å². The molecule has 0 amide bonds. The van der Waals surface area contributed by atoms with E-state index < -0.39 is 0 Å². The first-order valence-corrected chi connectivity index (χ1v) is 9.88. The minimum Gasteiger partial charge on any atom is -0.497 e. The zero-order valence-electron chi connectivity index (χ0n) is 16.7. The highest BCUT2D eigenvalue weighted by atomic mass is 127. The Balaban J connectivity index is 0.00000338. The van der Waals surface area contributed by atoms with Crippen molar-refractivity contribution < 1.29 is 9.47 Å². The van der Waals surface area contributed by atoms with Gasteiger partial charge in [0.2, 0.25) is 0 Å². The van der Waals surface area contributed by atoms with Crippen LogP contribution in [0.1, 0.15) is 31.7 Å². The molecule has 26 heavy (non-hydrogen) atoms. The number of likely N-dealkylation sites (tertiary alicyclic amines) is 1. The van der Waals surface area contributed by atoms with Crippen molar-refractivity contribution in [2.45, 2.75) is 30.9 Å². The van der Waals surface area contributed by atoms with Crippen LogP contribution in [-0.2, 0) is 0 Å². The molecule has 5 nitrogen and oxygen atoms in total. The van der Waals surface area contributed by atoms with E-state index in [2.05, 4.69) is 47.4 Å². The maximum atomic E-state index is 5.41. The Bertz CT molecular complexity index is 588. The second-order valence-corrected chi connectivity index (χ2v) is 8.46. The van der Waals surface area contributed by atoms with Crippen LogP contribution in [-0.4, -0.2) is 62.8 Å². The molecule has 1 unspecified atom stereocenters. The van der Waals surface area contributed by atoms with Crippen LogP contribution in [0.5, 0.6) is 11.5 Å². The van der Waals surface area contributed by atoms with Crippen LogP contribution in [0.3, 0.4) is 0 Å². The molecular formula is C19H32IN3O2S. The lowest BCUT2D eigenvalue weighted by atomic mass is 9.98. The molecule has 1 atom stereocenters. The van der Waals surface area contributed by atoms with Gasteiger partial charge in [0.25, 0.3) is 0 Å².